The molecule has 3 rings (SSSR count). The molecule has 12 heteroatoms. The van der Waals surface area contributed by atoms with E-state index in [1.807, 2.05) is 0 Å². The van der Waals surface area contributed by atoms with Gasteiger partial charge in [-0.2, -0.15) is 0 Å². The molecule has 148 valence electrons. The van der Waals surface area contributed by atoms with Gasteiger partial charge in [0.2, 0.25) is 0 Å². The lowest BCUT2D eigenvalue weighted by atomic mass is 10.3. The number of benzene rings is 2. The van der Waals surface area contributed by atoms with E-state index in [4.69, 9.17) is 34.8 Å². The van der Waals surface area contributed by atoms with Gasteiger partial charge in [-0.15, -0.1) is 11.3 Å². The fraction of sp³-hybridized carbons (Fsp3) is 0. The topological polar surface area (TPSA) is 92.3 Å². The quantitative estimate of drug-likeness (QED) is 0.483. The number of thiophene rings is 1. The van der Waals surface area contributed by atoms with E-state index in [0.29, 0.717) is 0 Å². The Kier molecular flexibility index (Phi) is 6.14. The van der Waals surface area contributed by atoms with Crippen LogP contribution in [0.1, 0.15) is 0 Å². The second-order valence-electron chi connectivity index (χ2n) is 5.39. The molecule has 2 aromatic carbocycles. The van der Waals surface area contributed by atoms with Gasteiger partial charge < -0.3 is 0 Å². The third kappa shape index (κ3) is 4.56. The fourth-order valence-corrected chi connectivity index (χ4v) is 6.17. The summed E-state index contributed by atoms with van der Waals surface area (Å²) in [4.78, 5) is -0.171. The second kappa shape index (κ2) is 8.10. The standard InChI is InChI=1S/C16H11Cl3N2O4S3/c17-10-4-1-2-5-15(10)27(22,23)20-13-8-11(18)12(19)9-14(13)21-28(24,25)16-6-3-7-26-16/h1-9,20-21H. The Hall–Kier alpha value is -1.49. The van der Waals surface area contributed by atoms with Crippen LogP contribution in [0.2, 0.25) is 15.1 Å². The summed E-state index contributed by atoms with van der Waals surface area (Å²) < 4.78 is 55.2. The van der Waals surface area contributed by atoms with Crippen LogP contribution in [0.5, 0.6) is 0 Å². The van der Waals surface area contributed by atoms with Crippen molar-refractivity contribution in [2.75, 3.05) is 9.44 Å². The van der Waals surface area contributed by atoms with Crippen LogP contribution in [-0.2, 0) is 20.0 Å². The maximum Gasteiger partial charge on any atom is 0.271 e. The first-order valence-corrected chi connectivity index (χ1v) is 12.4. The normalized spacial score (nSPS) is 12.0. The van der Waals surface area contributed by atoms with E-state index >= 15 is 0 Å². The van der Waals surface area contributed by atoms with E-state index in [0.717, 1.165) is 11.3 Å². The number of nitrogens with one attached hydrogen (secondary N) is 2. The van der Waals surface area contributed by atoms with Gasteiger partial charge in [-0.3, -0.25) is 9.44 Å². The molecule has 0 radical (unpaired) electrons. The van der Waals surface area contributed by atoms with Crippen molar-refractivity contribution < 1.29 is 16.8 Å². The highest BCUT2D eigenvalue weighted by Crippen LogP contribution is 2.36. The van der Waals surface area contributed by atoms with Crippen molar-refractivity contribution in [3.05, 3.63) is 69.0 Å². The fourth-order valence-electron chi connectivity index (χ4n) is 2.19. The van der Waals surface area contributed by atoms with Crippen LogP contribution in [0.25, 0.3) is 0 Å². The van der Waals surface area contributed by atoms with E-state index in [9.17, 15) is 16.8 Å². The van der Waals surface area contributed by atoms with E-state index in [1.165, 1.54) is 36.4 Å². The average molecular weight is 498 g/mol. The molecule has 3 aromatic rings. The van der Waals surface area contributed by atoms with E-state index in [-0.39, 0.29) is 35.5 Å². The van der Waals surface area contributed by atoms with Gasteiger partial charge in [-0.05, 0) is 35.7 Å². The summed E-state index contributed by atoms with van der Waals surface area (Å²) in [5.74, 6) is 0. The molecule has 0 saturated heterocycles. The zero-order chi connectivity index (χ0) is 20.5. The third-order valence-electron chi connectivity index (χ3n) is 3.44. The highest BCUT2D eigenvalue weighted by atomic mass is 35.5. The maximum absolute atomic E-state index is 12.7. The van der Waals surface area contributed by atoms with Crippen molar-refractivity contribution in [1.29, 1.82) is 0 Å². The molecule has 2 N–H and O–H groups in total. The molecule has 0 unspecified atom stereocenters. The lowest BCUT2D eigenvalue weighted by Crippen LogP contribution is -2.17. The largest absolute Gasteiger partial charge is 0.277 e. The Morgan fingerprint density at radius 1 is 0.714 bits per heavy atom. The summed E-state index contributed by atoms with van der Waals surface area (Å²) in [6.07, 6.45) is 0. The average Bonchev–Trinajstić information content (AvgIpc) is 3.15. The van der Waals surface area contributed by atoms with Gasteiger partial charge in [0, 0.05) is 0 Å². The molecule has 0 spiro atoms. The molecule has 1 heterocycles. The summed E-state index contributed by atoms with van der Waals surface area (Å²) in [6.45, 7) is 0. The number of hydrogen-bond donors (Lipinski definition) is 2. The lowest BCUT2D eigenvalue weighted by molar-refractivity contribution is 0.599. The van der Waals surface area contributed by atoms with Gasteiger partial charge in [-0.25, -0.2) is 16.8 Å². The van der Waals surface area contributed by atoms with Crippen LogP contribution in [0.4, 0.5) is 11.4 Å². The predicted octanol–water partition coefficient (Wildman–Crippen LogP) is 5.31. The minimum Gasteiger partial charge on any atom is -0.277 e. The highest BCUT2D eigenvalue weighted by Gasteiger charge is 2.23. The monoisotopic (exact) mass is 496 g/mol. The van der Waals surface area contributed by atoms with Gasteiger partial charge in [0.05, 0.1) is 26.4 Å². The molecular formula is C16H11Cl3N2O4S3. The molecule has 28 heavy (non-hydrogen) atoms. The molecular weight excluding hydrogens is 487 g/mol. The highest BCUT2D eigenvalue weighted by molar-refractivity contribution is 7.94. The summed E-state index contributed by atoms with van der Waals surface area (Å²) in [7, 11) is -8.07. The molecule has 0 atom stereocenters. The van der Waals surface area contributed by atoms with Crippen LogP contribution in [0, 0.1) is 0 Å². The van der Waals surface area contributed by atoms with Gasteiger partial charge in [0.1, 0.15) is 9.10 Å². The van der Waals surface area contributed by atoms with Crippen LogP contribution in [-0.4, -0.2) is 16.8 Å². The van der Waals surface area contributed by atoms with Crippen molar-refractivity contribution in [2.24, 2.45) is 0 Å². The Morgan fingerprint density at radius 2 is 1.29 bits per heavy atom. The van der Waals surface area contributed by atoms with Crippen molar-refractivity contribution in [3.63, 3.8) is 0 Å². The van der Waals surface area contributed by atoms with Crippen LogP contribution >= 0.6 is 46.1 Å². The predicted molar refractivity (Wildman–Crippen MR) is 114 cm³/mol. The summed E-state index contributed by atoms with van der Waals surface area (Å²) in [5.41, 5.74) is -0.187. The van der Waals surface area contributed by atoms with Crippen LogP contribution in [0.3, 0.4) is 0 Å². The van der Waals surface area contributed by atoms with E-state index in [2.05, 4.69) is 9.44 Å². The van der Waals surface area contributed by atoms with Gasteiger partial charge in [-0.1, -0.05) is 53.0 Å². The Morgan fingerprint density at radius 3 is 1.82 bits per heavy atom. The molecule has 0 aliphatic heterocycles. The summed E-state index contributed by atoms with van der Waals surface area (Å²) in [5, 5.41) is 1.70. The first-order chi connectivity index (χ1) is 13.1. The number of rotatable bonds is 6. The van der Waals surface area contributed by atoms with Crippen molar-refractivity contribution in [2.45, 2.75) is 9.10 Å². The summed E-state index contributed by atoms with van der Waals surface area (Å²) >= 11 is 19.0. The number of halogens is 3. The molecule has 0 saturated carbocycles. The van der Waals surface area contributed by atoms with Gasteiger partial charge >= 0.3 is 0 Å². The first-order valence-electron chi connectivity index (χ1n) is 7.43. The van der Waals surface area contributed by atoms with E-state index in [1.54, 1.807) is 17.5 Å². The minimum absolute atomic E-state index is 0.00998. The zero-order valence-electron chi connectivity index (χ0n) is 13.7. The maximum atomic E-state index is 12.7. The minimum atomic E-state index is -4.12. The molecule has 1 aromatic heterocycles. The van der Waals surface area contributed by atoms with Crippen LogP contribution < -0.4 is 9.44 Å². The number of sulfonamides is 2. The number of hydrogen-bond acceptors (Lipinski definition) is 5. The SMILES string of the molecule is O=S(=O)(Nc1cc(Cl)c(Cl)cc1NS(=O)(=O)c1ccccc1Cl)c1cccs1. The van der Waals surface area contributed by atoms with E-state index < -0.39 is 20.0 Å². The molecule has 0 bridgehead atoms. The van der Waals surface area contributed by atoms with Crippen LogP contribution in [0.15, 0.2) is 63.0 Å². The molecule has 0 fully saturated rings. The Labute approximate surface area is 181 Å². The first kappa shape index (κ1) is 21.2. The van der Waals surface area contributed by atoms with Crippen molar-refractivity contribution >= 4 is 77.6 Å². The van der Waals surface area contributed by atoms with Crippen molar-refractivity contribution in [3.8, 4) is 0 Å². The summed E-state index contributed by atoms with van der Waals surface area (Å²) in [6, 6.07) is 11.3. The third-order valence-corrected chi connectivity index (χ3v) is 8.79. The van der Waals surface area contributed by atoms with Crippen molar-refractivity contribution in [1.82, 2.24) is 0 Å². The second-order valence-corrected chi connectivity index (χ2v) is 11.1. The number of anilines is 2. The Balaban J connectivity index is 2.04. The molecule has 6 nitrogen and oxygen atoms in total. The molecule has 0 aliphatic rings. The Bertz CT molecular complexity index is 1230. The molecule has 0 amide bonds. The smallest absolute Gasteiger partial charge is 0.271 e. The zero-order valence-corrected chi connectivity index (χ0v) is 18.4. The lowest BCUT2D eigenvalue weighted by Gasteiger charge is -2.16. The van der Waals surface area contributed by atoms with Gasteiger partial charge in [0.25, 0.3) is 20.0 Å². The molecule has 0 aliphatic carbocycles. The van der Waals surface area contributed by atoms with Gasteiger partial charge in [0.15, 0.2) is 0 Å².